The Kier molecular flexibility index (Phi) is 4.89. The summed E-state index contributed by atoms with van der Waals surface area (Å²) >= 11 is 0. The number of carbonyl (C=O) groups is 2. The molecule has 2 aliphatic rings. The van der Waals surface area contributed by atoms with E-state index in [0.29, 0.717) is 23.3 Å². The second-order valence-electron chi connectivity index (χ2n) is 7.11. The summed E-state index contributed by atoms with van der Waals surface area (Å²) in [5.41, 5.74) is -3.41. The third kappa shape index (κ3) is 3.93. The predicted molar refractivity (Wildman–Crippen MR) is 90.2 cm³/mol. The van der Waals surface area contributed by atoms with Gasteiger partial charge in [0, 0.05) is 19.5 Å². The first-order valence-electron chi connectivity index (χ1n) is 9.09. The van der Waals surface area contributed by atoms with Gasteiger partial charge in [0.2, 0.25) is 11.8 Å². The first-order chi connectivity index (χ1) is 14.4. The number of rotatable bonds is 2. The van der Waals surface area contributed by atoms with Crippen molar-refractivity contribution >= 4 is 17.6 Å². The molecule has 1 atom stereocenters. The van der Waals surface area contributed by atoms with E-state index >= 15 is 0 Å². The van der Waals surface area contributed by atoms with Crippen molar-refractivity contribution in [2.45, 2.75) is 44.3 Å². The van der Waals surface area contributed by atoms with Gasteiger partial charge in [0.15, 0.2) is 5.82 Å². The van der Waals surface area contributed by atoms with E-state index in [0.717, 1.165) is 0 Å². The van der Waals surface area contributed by atoms with Gasteiger partial charge in [-0.25, -0.2) is 4.98 Å². The quantitative estimate of drug-likeness (QED) is 0.659. The molecule has 8 nitrogen and oxygen atoms in total. The van der Waals surface area contributed by atoms with Crippen molar-refractivity contribution in [1.82, 2.24) is 24.6 Å². The second kappa shape index (κ2) is 7.20. The number of amides is 2. The van der Waals surface area contributed by atoms with Crippen LogP contribution in [0, 0.1) is 0 Å². The van der Waals surface area contributed by atoms with Gasteiger partial charge in [-0.05, 0) is 18.6 Å². The minimum Gasteiger partial charge on any atom is -0.332 e. The average Bonchev–Trinajstić information content (AvgIpc) is 3.31. The van der Waals surface area contributed by atoms with Crippen LogP contribution in [0.2, 0.25) is 0 Å². The van der Waals surface area contributed by atoms with E-state index in [4.69, 9.17) is 0 Å². The SMILES string of the molecule is O=C([C@@H]1CCC(=O)N1c1cc(C(F)(F)F)cc(C(F)(F)F)n1)N1CCn2cnnc2C1. The standard InChI is InChI=1S/C17H14F6N6O2/c18-16(19,20)9-5-11(17(21,22)23)25-12(6-9)29-10(1-2-14(29)30)15(31)27-3-4-28-8-24-26-13(28)7-27/h5-6,8,10H,1-4,7H2/t10-/m0/s1. The molecule has 0 aliphatic carbocycles. The van der Waals surface area contributed by atoms with Crippen molar-refractivity contribution in [3.63, 3.8) is 0 Å². The summed E-state index contributed by atoms with van der Waals surface area (Å²) in [7, 11) is 0. The molecule has 4 heterocycles. The number of hydrogen-bond acceptors (Lipinski definition) is 5. The van der Waals surface area contributed by atoms with Gasteiger partial charge in [-0.1, -0.05) is 0 Å². The number of aromatic nitrogens is 4. The Labute approximate surface area is 170 Å². The largest absolute Gasteiger partial charge is 0.433 e. The molecule has 0 radical (unpaired) electrons. The highest BCUT2D eigenvalue weighted by molar-refractivity contribution is 6.03. The molecule has 0 saturated carbocycles. The molecule has 0 aromatic carbocycles. The number of nitrogens with zero attached hydrogens (tertiary/aromatic N) is 6. The molecule has 1 saturated heterocycles. The topological polar surface area (TPSA) is 84.2 Å². The zero-order valence-electron chi connectivity index (χ0n) is 15.6. The van der Waals surface area contributed by atoms with Crippen LogP contribution in [0.25, 0.3) is 0 Å². The highest BCUT2D eigenvalue weighted by Gasteiger charge is 2.44. The van der Waals surface area contributed by atoms with Crippen molar-refractivity contribution in [2.24, 2.45) is 0 Å². The van der Waals surface area contributed by atoms with E-state index < -0.39 is 47.3 Å². The van der Waals surface area contributed by atoms with Gasteiger partial charge in [-0.2, -0.15) is 26.3 Å². The normalized spacial score (nSPS) is 19.7. The third-order valence-corrected chi connectivity index (χ3v) is 5.12. The molecule has 0 unspecified atom stereocenters. The number of fused-ring (bicyclic) bond motifs is 1. The third-order valence-electron chi connectivity index (χ3n) is 5.12. The molecule has 2 aromatic rings. The van der Waals surface area contributed by atoms with Crippen LogP contribution < -0.4 is 4.90 Å². The zero-order chi connectivity index (χ0) is 22.6. The van der Waals surface area contributed by atoms with Crippen LogP contribution in [0.5, 0.6) is 0 Å². The van der Waals surface area contributed by atoms with E-state index in [2.05, 4.69) is 15.2 Å². The molecular weight excluding hydrogens is 434 g/mol. The summed E-state index contributed by atoms with van der Waals surface area (Å²) in [5.74, 6) is -1.76. The lowest BCUT2D eigenvalue weighted by Crippen LogP contribution is -2.49. The zero-order valence-corrected chi connectivity index (χ0v) is 15.6. The molecule has 31 heavy (non-hydrogen) atoms. The minimum absolute atomic E-state index is 0.0554. The first-order valence-corrected chi connectivity index (χ1v) is 9.09. The molecule has 1 fully saturated rings. The summed E-state index contributed by atoms with van der Waals surface area (Å²) in [5, 5.41) is 7.58. The molecule has 0 spiro atoms. The van der Waals surface area contributed by atoms with Gasteiger partial charge in [0.05, 0.1) is 12.1 Å². The van der Waals surface area contributed by atoms with Crippen LogP contribution >= 0.6 is 0 Å². The Morgan fingerprint density at radius 1 is 1.06 bits per heavy atom. The lowest BCUT2D eigenvalue weighted by Gasteiger charge is -2.32. The van der Waals surface area contributed by atoms with Crippen LogP contribution in [0.4, 0.5) is 32.2 Å². The fourth-order valence-corrected chi connectivity index (χ4v) is 3.62. The molecule has 0 bridgehead atoms. The first kappa shape index (κ1) is 21.1. The minimum atomic E-state index is -5.17. The molecular formula is C17H14F6N6O2. The van der Waals surface area contributed by atoms with Crippen LogP contribution in [-0.4, -0.2) is 49.0 Å². The molecule has 0 N–H and O–H groups in total. The van der Waals surface area contributed by atoms with E-state index in [1.165, 1.54) is 11.2 Å². The Morgan fingerprint density at radius 2 is 1.81 bits per heavy atom. The van der Waals surface area contributed by atoms with Crippen LogP contribution in [0.3, 0.4) is 0 Å². The van der Waals surface area contributed by atoms with E-state index in [-0.39, 0.29) is 32.0 Å². The van der Waals surface area contributed by atoms with Crippen molar-refractivity contribution in [1.29, 1.82) is 0 Å². The molecule has 14 heteroatoms. The number of hydrogen-bond donors (Lipinski definition) is 0. The number of pyridine rings is 1. The van der Waals surface area contributed by atoms with Gasteiger partial charge in [-0.15, -0.1) is 10.2 Å². The molecule has 166 valence electrons. The monoisotopic (exact) mass is 448 g/mol. The van der Waals surface area contributed by atoms with Crippen molar-refractivity contribution in [2.75, 3.05) is 11.4 Å². The van der Waals surface area contributed by atoms with Crippen molar-refractivity contribution in [3.8, 4) is 0 Å². The maximum Gasteiger partial charge on any atom is 0.433 e. The van der Waals surface area contributed by atoms with Gasteiger partial charge in [0.1, 0.15) is 23.9 Å². The maximum absolute atomic E-state index is 13.2. The van der Waals surface area contributed by atoms with Gasteiger partial charge in [-0.3, -0.25) is 14.5 Å². The van der Waals surface area contributed by atoms with Gasteiger partial charge in [0.25, 0.3) is 0 Å². The summed E-state index contributed by atoms with van der Waals surface area (Å²) < 4.78 is 80.7. The molecule has 2 amide bonds. The Balaban J connectivity index is 1.69. The highest BCUT2D eigenvalue weighted by Crippen LogP contribution is 2.38. The number of anilines is 1. The van der Waals surface area contributed by atoms with Crippen LogP contribution in [0.15, 0.2) is 18.5 Å². The number of carbonyl (C=O) groups excluding carboxylic acids is 2. The van der Waals surface area contributed by atoms with Crippen molar-refractivity contribution < 1.29 is 35.9 Å². The maximum atomic E-state index is 13.2. The summed E-state index contributed by atoms with van der Waals surface area (Å²) in [6.45, 7) is 0.655. The summed E-state index contributed by atoms with van der Waals surface area (Å²) in [4.78, 5) is 30.6. The lowest BCUT2D eigenvalue weighted by molar-refractivity contribution is -0.145. The number of alkyl halides is 6. The van der Waals surface area contributed by atoms with E-state index in [1.807, 2.05) is 0 Å². The molecule has 2 aliphatic heterocycles. The summed E-state index contributed by atoms with van der Waals surface area (Å²) in [6.07, 6.45) is -9.06. The lowest BCUT2D eigenvalue weighted by atomic mass is 10.1. The van der Waals surface area contributed by atoms with Crippen molar-refractivity contribution in [3.05, 3.63) is 35.5 Å². The average molecular weight is 448 g/mol. The van der Waals surface area contributed by atoms with E-state index in [1.54, 1.807) is 4.57 Å². The smallest absolute Gasteiger partial charge is 0.332 e. The second-order valence-corrected chi connectivity index (χ2v) is 7.11. The Bertz CT molecular complexity index is 1000. The Morgan fingerprint density at radius 3 is 2.48 bits per heavy atom. The number of halogens is 6. The molecule has 2 aromatic heterocycles. The summed E-state index contributed by atoms with van der Waals surface area (Å²) in [6, 6.07) is -1.04. The van der Waals surface area contributed by atoms with E-state index in [9.17, 15) is 35.9 Å². The van der Waals surface area contributed by atoms with Gasteiger partial charge < -0.3 is 9.47 Å². The predicted octanol–water partition coefficient (Wildman–Crippen LogP) is 2.25. The fraction of sp³-hybridized carbons (Fsp3) is 0.471. The van der Waals surface area contributed by atoms with Crippen LogP contribution in [0.1, 0.15) is 29.9 Å². The molecule has 4 rings (SSSR count). The fourth-order valence-electron chi connectivity index (χ4n) is 3.62. The highest BCUT2D eigenvalue weighted by atomic mass is 19.4. The Hall–Kier alpha value is -3.19. The van der Waals surface area contributed by atoms with Crippen LogP contribution in [-0.2, 0) is 35.0 Å². The van der Waals surface area contributed by atoms with Gasteiger partial charge >= 0.3 is 12.4 Å².